The van der Waals surface area contributed by atoms with Gasteiger partial charge in [-0.3, -0.25) is 9.10 Å². The Morgan fingerprint density at radius 2 is 1.53 bits per heavy atom. The second-order valence-corrected chi connectivity index (χ2v) is 8.97. The number of nitrogens with one attached hydrogen (secondary N) is 1. The first-order valence-corrected chi connectivity index (χ1v) is 11.6. The number of nitrogens with zero attached hydrogens (tertiary/aromatic N) is 1. The fourth-order valence-electron chi connectivity index (χ4n) is 2.93. The molecule has 3 aromatic rings. The molecule has 0 aliphatic rings. The molecular formula is C23H23ClN2O5S. The van der Waals surface area contributed by atoms with Crippen LogP contribution in [0.15, 0.2) is 77.7 Å². The highest BCUT2D eigenvalue weighted by atomic mass is 35.5. The van der Waals surface area contributed by atoms with Gasteiger partial charge in [-0.1, -0.05) is 11.6 Å². The number of carbonyl (C=O) groups excluding carboxylic acids is 1. The van der Waals surface area contributed by atoms with Crippen molar-refractivity contribution < 1.29 is 22.7 Å². The lowest BCUT2D eigenvalue weighted by atomic mass is 10.3. The number of hydrogen-bond donors (Lipinski definition) is 1. The Kier molecular flexibility index (Phi) is 7.61. The van der Waals surface area contributed by atoms with Crippen molar-refractivity contribution >= 4 is 38.9 Å². The quantitative estimate of drug-likeness (QED) is 0.490. The zero-order valence-corrected chi connectivity index (χ0v) is 19.2. The van der Waals surface area contributed by atoms with Crippen molar-refractivity contribution in [3.8, 4) is 11.5 Å². The average molecular weight is 475 g/mol. The molecule has 0 atom stereocenters. The minimum atomic E-state index is -4.04. The van der Waals surface area contributed by atoms with Gasteiger partial charge in [0, 0.05) is 10.7 Å². The third-order valence-electron chi connectivity index (χ3n) is 4.50. The van der Waals surface area contributed by atoms with E-state index in [-0.39, 0.29) is 4.90 Å². The molecule has 0 aliphatic heterocycles. The van der Waals surface area contributed by atoms with Crippen LogP contribution in [-0.2, 0) is 14.8 Å². The van der Waals surface area contributed by atoms with Gasteiger partial charge >= 0.3 is 0 Å². The zero-order valence-electron chi connectivity index (χ0n) is 17.6. The first kappa shape index (κ1) is 23.4. The molecule has 0 heterocycles. The molecule has 0 fully saturated rings. The van der Waals surface area contributed by atoms with E-state index in [1.807, 2.05) is 6.92 Å². The molecule has 7 nitrogen and oxygen atoms in total. The predicted octanol–water partition coefficient (Wildman–Crippen LogP) is 4.58. The first-order valence-electron chi connectivity index (χ1n) is 9.78. The maximum Gasteiger partial charge on any atom is 0.264 e. The number of halogens is 1. The molecule has 1 N–H and O–H groups in total. The summed E-state index contributed by atoms with van der Waals surface area (Å²) in [5, 5.41) is 3.17. The largest absolute Gasteiger partial charge is 0.497 e. The Balaban J connectivity index is 1.87. The van der Waals surface area contributed by atoms with E-state index < -0.39 is 22.5 Å². The van der Waals surface area contributed by atoms with Crippen LogP contribution in [0.1, 0.15) is 6.92 Å². The minimum absolute atomic E-state index is 0.0297. The number of hydrogen-bond acceptors (Lipinski definition) is 5. The fraction of sp³-hybridized carbons (Fsp3) is 0.174. The van der Waals surface area contributed by atoms with E-state index in [0.717, 1.165) is 4.31 Å². The Hall–Kier alpha value is -3.23. The van der Waals surface area contributed by atoms with Gasteiger partial charge in [0.05, 0.1) is 24.3 Å². The second kappa shape index (κ2) is 10.4. The van der Waals surface area contributed by atoms with Crippen LogP contribution in [-0.4, -0.2) is 34.6 Å². The number of carbonyl (C=O) groups is 1. The van der Waals surface area contributed by atoms with Crippen molar-refractivity contribution in [1.29, 1.82) is 0 Å². The maximum atomic E-state index is 13.4. The third kappa shape index (κ3) is 5.72. The molecule has 0 saturated heterocycles. The molecule has 3 rings (SSSR count). The molecule has 0 saturated carbocycles. The number of amides is 1. The highest BCUT2D eigenvalue weighted by Crippen LogP contribution is 2.26. The Labute approximate surface area is 192 Å². The van der Waals surface area contributed by atoms with E-state index in [0.29, 0.717) is 34.5 Å². The van der Waals surface area contributed by atoms with E-state index in [9.17, 15) is 13.2 Å². The van der Waals surface area contributed by atoms with E-state index in [1.165, 1.54) is 19.2 Å². The summed E-state index contributed by atoms with van der Waals surface area (Å²) in [5.74, 6) is 0.701. The molecule has 0 aromatic heterocycles. The summed E-state index contributed by atoms with van der Waals surface area (Å²) < 4.78 is 38.3. The van der Waals surface area contributed by atoms with Crippen LogP contribution in [0, 0.1) is 0 Å². The summed E-state index contributed by atoms with van der Waals surface area (Å²) in [6, 6.07) is 19.0. The summed E-state index contributed by atoms with van der Waals surface area (Å²) in [6.45, 7) is 1.98. The molecule has 32 heavy (non-hydrogen) atoms. The van der Waals surface area contributed by atoms with Gasteiger partial charge in [0.25, 0.3) is 10.0 Å². The number of methoxy groups -OCH3 is 1. The van der Waals surface area contributed by atoms with E-state index in [4.69, 9.17) is 21.1 Å². The van der Waals surface area contributed by atoms with Crippen molar-refractivity contribution in [2.45, 2.75) is 11.8 Å². The Morgan fingerprint density at radius 1 is 0.938 bits per heavy atom. The molecule has 3 aromatic carbocycles. The van der Waals surface area contributed by atoms with Gasteiger partial charge in [-0.15, -0.1) is 0 Å². The lowest BCUT2D eigenvalue weighted by Crippen LogP contribution is -2.38. The number of anilines is 2. The summed E-state index contributed by atoms with van der Waals surface area (Å²) in [6.07, 6.45) is 0. The van der Waals surface area contributed by atoms with Gasteiger partial charge in [0.15, 0.2) is 0 Å². The first-order chi connectivity index (χ1) is 15.3. The topological polar surface area (TPSA) is 84.9 Å². The Morgan fingerprint density at radius 3 is 2.09 bits per heavy atom. The van der Waals surface area contributed by atoms with Gasteiger partial charge in [0.1, 0.15) is 18.0 Å². The molecule has 0 bridgehead atoms. The summed E-state index contributed by atoms with van der Waals surface area (Å²) in [4.78, 5) is 12.8. The van der Waals surface area contributed by atoms with Crippen LogP contribution in [0.3, 0.4) is 0 Å². The number of sulfonamides is 1. The van der Waals surface area contributed by atoms with Crippen molar-refractivity contribution in [1.82, 2.24) is 0 Å². The fourth-order valence-corrected chi connectivity index (χ4v) is 4.48. The molecule has 168 valence electrons. The second-order valence-electron chi connectivity index (χ2n) is 6.67. The molecule has 0 spiro atoms. The maximum absolute atomic E-state index is 13.4. The average Bonchev–Trinajstić information content (AvgIpc) is 2.79. The minimum Gasteiger partial charge on any atom is -0.497 e. The molecule has 9 heteroatoms. The zero-order chi connectivity index (χ0) is 23.1. The van der Waals surface area contributed by atoms with Crippen LogP contribution in [0.2, 0.25) is 5.02 Å². The van der Waals surface area contributed by atoms with Gasteiger partial charge < -0.3 is 14.8 Å². The summed E-state index contributed by atoms with van der Waals surface area (Å²) in [7, 11) is -2.54. The molecule has 0 aliphatic carbocycles. The van der Waals surface area contributed by atoms with Gasteiger partial charge in [-0.05, 0) is 79.7 Å². The highest BCUT2D eigenvalue weighted by molar-refractivity contribution is 7.92. The summed E-state index contributed by atoms with van der Waals surface area (Å²) >= 11 is 5.96. The van der Waals surface area contributed by atoms with Crippen LogP contribution >= 0.6 is 11.6 Å². The molecule has 0 radical (unpaired) electrons. The van der Waals surface area contributed by atoms with Crippen molar-refractivity contribution in [3.05, 3.63) is 77.8 Å². The lowest BCUT2D eigenvalue weighted by molar-refractivity contribution is -0.114. The van der Waals surface area contributed by atoms with Gasteiger partial charge in [-0.2, -0.15) is 0 Å². The standard InChI is InChI=1S/C23H23ClN2O5S/c1-3-31-21-10-6-18(7-11-21)25-23(27)16-26(19-8-4-17(24)5-9-19)32(28,29)22-14-12-20(30-2)13-15-22/h4-15H,3,16H2,1-2H3,(H,25,27). The SMILES string of the molecule is CCOc1ccc(NC(=O)CN(c2ccc(Cl)cc2)S(=O)(=O)c2ccc(OC)cc2)cc1. The van der Waals surface area contributed by atoms with Crippen molar-refractivity contribution in [3.63, 3.8) is 0 Å². The van der Waals surface area contributed by atoms with Gasteiger partial charge in [-0.25, -0.2) is 8.42 Å². The van der Waals surface area contributed by atoms with Crippen LogP contribution in [0.4, 0.5) is 11.4 Å². The number of benzene rings is 3. The van der Waals surface area contributed by atoms with Crippen LogP contribution in [0.5, 0.6) is 11.5 Å². The van der Waals surface area contributed by atoms with Gasteiger partial charge in [0.2, 0.25) is 5.91 Å². The third-order valence-corrected chi connectivity index (χ3v) is 6.54. The molecule has 1 amide bonds. The van der Waals surface area contributed by atoms with E-state index in [2.05, 4.69) is 5.32 Å². The van der Waals surface area contributed by atoms with Crippen LogP contribution in [0.25, 0.3) is 0 Å². The monoisotopic (exact) mass is 474 g/mol. The highest BCUT2D eigenvalue weighted by Gasteiger charge is 2.27. The number of rotatable bonds is 9. The predicted molar refractivity (Wildman–Crippen MR) is 125 cm³/mol. The lowest BCUT2D eigenvalue weighted by Gasteiger charge is -2.24. The van der Waals surface area contributed by atoms with Crippen LogP contribution < -0.4 is 19.1 Å². The van der Waals surface area contributed by atoms with Crippen molar-refractivity contribution in [2.75, 3.05) is 29.9 Å². The van der Waals surface area contributed by atoms with Crippen molar-refractivity contribution in [2.24, 2.45) is 0 Å². The molecule has 0 unspecified atom stereocenters. The van der Waals surface area contributed by atoms with E-state index in [1.54, 1.807) is 60.7 Å². The normalized spacial score (nSPS) is 11.0. The number of ether oxygens (including phenoxy) is 2. The van der Waals surface area contributed by atoms with E-state index >= 15 is 0 Å². The summed E-state index contributed by atoms with van der Waals surface area (Å²) in [5.41, 5.74) is 0.836. The smallest absolute Gasteiger partial charge is 0.264 e. The molecular weight excluding hydrogens is 452 g/mol. The Bertz CT molecular complexity index is 1150.